The lowest BCUT2D eigenvalue weighted by Gasteiger charge is -2.17. The summed E-state index contributed by atoms with van der Waals surface area (Å²) in [5, 5.41) is 5.18. The number of nitrogens with zero attached hydrogens (tertiary/aromatic N) is 4. The number of primary amides is 1. The Bertz CT molecular complexity index is 1480. The molecule has 0 aliphatic heterocycles. The van der Waals surface area contributed by atoms with Gasteiger partial charge in [-0.15, -0.1) is 0 Å². The van der Waals surface area contributed by atoms with E-state index in [1.807, 2.05) is 30.3 Å². The predicted molar refractivity (Wildman–Crippen MR) is 162 cm³/mol. The lowest BCUT2D eigenvalue weighted by molar-refractivity contribution is -0.127. The van der Waals surface area contributed by atoms with Crippen molar-refractivity contribution < 1.29 is 19.1 Å². The highest BCUT2D eigenvalue weighted by Gasteiger charge is 2.23. The number of unbranched alkanes of at least 4 members (excludes halogenated alkanes) is 8. The summed E-state index contributed by atoms with van der Waals surface area (Å²) in [5.41, 5.74) is 6.25. The Morgan fingerprint density at radius 2 is 1.56 bits per heavy atom. The van der Waals surface area contributed by atoms with Crippen molar-refractivity contribution in [2.45, 2.75) is 83.4 Å². The molecule has 3 rings (SSSR count). The molecule has 2 heterocycles. The Labute approximate surface area is 250 Å². The molecular weight excluding hydrogens is 554 g/mol. The van der Waals surface area contributed by atoms with Crippen LogP contribution >= 0.6 is 0 Å². The van der Waals surface area contributed by atoms with Crippen molar-refractivity contribution in [2.24, 2.45) is 19.8 Å². The molecule has 13 nitrogen and oxygen atoms in total. The number of alkyl carbamates (subject to hydrolysis) is 1. The Balaban J connectivity index is 1.24. The standard InChI is InChI=1S/C30H43N7O6/c1-35-21-33-26-25(35)28(40)37(30(42)36(26)2)18-14-9-7-5-3-4-6-8-13-17-32-27(39)23(19-24(31)38)34-29(41)43-20-22-15-11-10-12-16-22/h10-12,15-16,21,23H,3-9,13-14,17-20H2,1-2H3,(H2,31,38)(H,32,39)(H,34,41). The van der Waals surface area contributed by atoms with E-state index in [0.717, 1.165) is 63.4 Å². The molecular formula is C30H43N7O6. The average Bonchev–Trinajstić information content (AvgIpc) is 3.38. The van der Waals surface area contributed by atoms with Gasteiger partial charge in [0.15, 0.2) is 11.2 Å². The van der Waals surface area contributed by atoms with Crippen LogP contribution in [0.1, 0.15) is 69.8 Å². The topological polar surface area (TPSA) is 172 Å². The van der Waals surface area contributed by atoms with E-state index in [1.165, 1.54) is 9.13 Å². The van der Waals surface area contributed by atoms with Crippen LogP contribution in [0.4, 0.5) is 4.79 Å². The third-order valence-electron chi connectivity index (χ3n) is 7.29. The number of hydrogen-bond acceptors (Lipinski definition) is 7. The van der Waals surface area contributed by atoms with Crippen molar-refractivity contribution in [3.8, 4) is 0 Å². The molecule has 2 aromatic heterocycles. The molecule has 0 saturated carbocycles. The van der Waals surface area contributed by atoms with Crippen molar-refractivity contribution in [3.05, 3.63) is 63.1 Å². The van der Waals surface area contributed by atoms with Gasteiger partial charge in [-0.3, -0.25) is 23.5 Å². The largest absolute Gasteiger partial charge is 0.445 e. The molecule has 0 fully saturated rings. The van der Waals surface area contributed by atoms with Gasteiger partial charge in [0, 0.05) is 27.2 Å². The van der Waals surface area contributed by atoms with Gasteiger partial charge in [-0.2, -0.15) is 0 Å². The minimum Gasteiger partial charge on any atom is -0.445 e. The molecule has 1 atom stereocenters. The van der Waals surface area contributed by atoms with Crippen molar-refractivity contribution >= 4 is 29.1 Å². The van der Waals surface area contributed by atoms with E-state index in [4.69, 9.17) is 10.5 Å². The van der Waals surface area contributed by atoms with Gasteiger partial charge in [-0.05, 0) is 18.4 Å². The number of carbonyl (C=O) groups is 3. The molecule has 0 spiro atoms. The molecule has 13 heteroatoms. The average molecular weight is 598 g/mol. The summed E-state index contributed by atoms with van der Waals surface area (Å²) in [5.74, 6) is -1.18. The maximum absolute atomic E-state index is 12.7. The smallest absolute Gasteiger partial charge is 0.408 e. The normalized spacial score (nSPS) is 11.8. The first-order chi connectivity index (χ1) is 20.7. The number of amides is 3. The van der Waals surface area contributed by atoms with Gasteiger partial charge >= 0.3 is 11.8 Å². The molecule has 3 aromatic rings. The van der Waals surface area contributed by atoms with Crippen molar-refractivity contribution in [2.75, 3.05) is 6.54 Å². The quantitative estimate of drug-likeness (QED) is 0.189. The van der Waals surface area contributed by atoms with E-state index < -0.39 is 23.9 Å². The molecule has 0 aliphatic carbocycles. The molecule has 1 unspecified atom stereocenters. The number of imidazole rings is 1. The molecule has 43 heavy (non-hydrogen) atoms. The highest BCUT2D eigenvalue weighted by molar-refractivity contribution is 5.90. The molecule has 3 amide bonds. The lowest BCUT2D eigenvalue weighted by Crippen LogP contribution is -2.48. The summed E-state index contributed by atoms with van der Waals surface area (Å²) < 4.78 is 9.50. The van der Waals surface area contributed by atoms with Crippen LogP contribution in [0.2, 0.25) is 0 Å². The SMILES string of the molecule is Cn1cnc2c1c(=O)n(CCCCCCCCCCCNC(=O)C(CC(N)=O)NC(=O)OCc1ccccc1)c(=O)n2C. The molecule has 0 radical (unpaired) electrons. The molecule has 0 bridgehead atoms. The second-order valence-corrected chi connectivity index (χ2v) is 10.7. The van der Waals surface area contributed by atoms with Crippen LogP contribution in [-0.4, -0.2) is 49.2 Å². The van der Waals surface area contributed by atoms with Crippen molar-refractivity contribution in [1.29, 1.82) is 0 Å². The second-order valence-electron chi connectivity index (χ2n) is 10.7. The first-order valence-corrected chi connectivity index (χ1v) is 14.8. The maximum atomic E-state index is 12.7. The summed E-state index contributed by atoms with van der Waals surface area (Å²) in [6.45, 7) is 0.866. The van der Waals surface area contributed by atoms with Gasteiger partial charge in [-0.25, -0.2) is 14.6 Å². The van der Waals surface area contributed by atoms with Crippen LogP contribution in [0.3, 0.4) is 0 Å². The molecule has 1 aromatic carbocycles. The number of ether oxygens (including phenoxy) is 1. The highest BCUT2D eigenvalue weighted by atomic mass is 16.5. The number of rotatable bonds is 18. The Kier molecular flexibility index (Phi) is 13.0. The molecule has 234 valence electrons. The van der Waals surface area contributed by atoms with Crippen LogP contribution in [0.15, 0.2) is 46.2 Å². The van der Waals surface area contributed by atoms with Crippen LogP contribution < -0.4 is 27.6 Å². The van der Waals surface area contributed by atoms with E-state index >= 15 is 0 Å². The zero-order valence-electron chi connectivity index (χ0n) is 25.0. The first kappa shape index (κ1) is 33.1. The van der Waals surface area contributed by atoms with Crippen LogP contribution in [0.5, 0.6) is 0 Å². The van der Waals surface area contributed by atoms with Gasteiger partial charge in [-0.1, -0.05) is 75.3 Å². The Morgan fingerprint density at radius 1 is 0.930 bits per heavy atom. The van der Waals surface area contributed by atoms with E-state index in [-0.39, 0.29) is 24.3 Å². The minimum atomic E-state index is -1.10. The third-order valence-corrected chi connectivity index (χ3v) is 7.29. The number of aryl methyl sites for hydroxylation is 2. The van der Waals surface area contributed by atoms with E-state index in [2.05, 4.69) is 15.6 Å². The van der Waals surface area contributed by atoms with Gasteiger partial charge < -0.3 is 25.7 Å². The number of nitrogens with two attached hydrogens (primary N) is 1. The van der Waals surface area contributed by atoms with E-state index in [0.29, 0.717) is 24.3 Å². The fourth-order valence-corrected chi connectivity index (χ4v) is 4.88. The fraction of sp³-hybridized carbons (Fsp3) is 0.533. The lowest BCUT2D eigenvalue weighted by atomic mass is 10.1. The predicted octanol–water partition coefficient (Wildman–Crippen LogP) is 2.23. The number of benzene rings is 1. The summed E-state index contributed by atoms with van der Waals surface area (Å²) in [6.07, 6.45) is 9.13. The van der Waals surface area contributed by atoms with Crippen molar-refractivity contribution in [3.63, 3.8) is 0 Å². The van der Waals surface area contributed by atoms with Crippen LogP contribution in [0.25, 0.3) is 11.2 Å². The number of hydrogen-bond donors (Lipinski definition) is 3. The van der Waals surface area contributed by atoms with Gasteiger partial charge in [0.25, 0.3) is 5.56 Å². The second kappa shape index (κ2) is 16.9. The van der Waals surface area contributed by atoms with E-state index in [1.54, 1.807) is 25.0 Å². The van der Waals surface area contributed by atoms with Crippen LogP contribution in [0, 0.1) is 0 Å². The highest BCUT2D eigenvalue weighted by Crippen LogP contribution is 2.10. The number of carbonyl (C=O) groups excluding carboxylic acids is 3. The van der Waals surface area contributed by atoms with Gasteiger partial charge in [0.05, 0.1) is 12.7 Å². The minimum absolute atomic E-state index is 0.0451. The summed E-state index contributed by atoms with van der Waals surface area (Å²) in [6, 6.07) is 8.02. The fourth-order valence-electron chi connectivity index (χ4n) is 4.88. The molecule has 0 saturated heterocycles. The molecule has 0 aliphatic rings. The van der Waals surface area contributed by atoms with E-state index in [9.17, 15) is 24.0 Å². The maximum Gasteiger partial charge on any atom is 0.408 e. The monoisotopic (exact) mass is 597 g/mol. The van der Waals surface area contributed by atoms with Crippen molar-refractivity contribution in [1.82, 2.24) is 29.3 Å². The number of aromatic nitrogens is 4. The first-order valence-electron chi connectivity index (χ1n) is 14.8. The van der Waals surface area contributed by atoms with Gasteiger partial charge in [0.2, 0.25) is 11.8 Å². The molecule has 4 N–H and O–H groups in total. The number of nitrogens with one attached hydrogen (secondary N) is 2. The zero-order chi connectivity index (χ0) is 31.2. The van der Waals surface area contributed by atoms with Crippen LogP contribution in [-0.2, 0) is 41.6 Å². The Morgan fingerprint density at radius 3 is 2.21 bits per heavy atom. The number of fused-ring (bicyclic) bond motifs is 1. The third kappa shape index (κ3) is 10.1. The zero-order valence-corrected chi connectivity index (χ0v) is 25.0. The summed E-state index contributed by atoms with van der Waals surface area (Å²) in [4.78, 5) is 65.5. The summed E-state index contributed by atoms with van der Waals surface area (Å²) in [7, 11) is 3.38. The Hall–Kier alpha value is -4.42. The van der Waals surface area contributed by atoms with Gasteiger partial charge in [0.1, 0.15) is 12.6 Å². The summed E-state index contributed by atoms with van der Waals surface area (Å²) >= 11 is 0.